The van der Waals surface area contributed by atoms with Gasteiger partial charge in [-0.25, -0.2) is 0 Å². The van der Waals surface area contributed by atoms with Gasteiger partial charge in [-0.15, -0.1) is 0 Å². The van der Waals surface area contributed by atoms with Crippen LogP contribution in [-0.2, 0) is 9.59 Å². The lowest BCUT2D eigenvalue weighted by atomic mass is 10.2. The van der Waals surface area contributed by atoms with Crippen LogP contribution in [0.1, 0.15) is 26.7 Å². The predicted molar refractivity (Wildman–Crippen MR) is 62.2 cm³/mol. The van der Waals surface area contributed by atoms with Crippen molar-refractivity contribution in [3.63, 3.8) is 0 Å². The standard InChI is InChI=1S/C12H16N2O2/c1-3-14(11-6-8-13-9-7-11)12(16)5-4-10(2)15/h6-9H,3-5H2,1-2H3. The van der Waals surface area contributed by atoms with Crippen LogP contribution >= 0.6 is 0 Å². The van der Waals surface area contributed by atoms with Crippen molar-refractivity contribution in [2.45, 2.75) is 26.7 Å². The van der Waals surface area contributed by atoms with Gasteiger partial charge < -0.3 is 9.69 Å². The molecule has 0 aliphatic heterocycles. The van der Waals surface area contributed by atoms with Gasteiger partial charge in [-0.05, 0) is 26.0 Å². The Kier molecular flexibility index (Phi) is 4.64. The fourth-order valence-electron chi connectivity index (χ4n) is 1.44. The molecular weight excluding hydrogens is 204 g/mol. The molecule has 4 heteroatoms. The van der Waals surface area contributed by atoms with E-state index in [2.05, 4.69) is 4.98 Å². The maximum Gasteiger partial charge on any atom is 0.227 e. The SMILES string of the molecule is CCN(C(=O)CCC(C)=O)c1ccncc1. The fourth-order valence-corrected chi connectivity index (χ4v) is 1.44. The summed E-state index contributed by atoms with van der Waals surface area (Å²) in [6.45, 7) is 4.00. The van der Waals surface area contributed by atoms with Gasteiger partial charge in [0.25, 0.3) is 0 Å². The van der Waals surface area contributed by atoms with Crippen molar-refractivity contribution in [2.24, 2.45) is 0 Å². The molecular formula is C12H16N2O2. The molecule has 0 unspecified atom stereocenters. The Morgan fingerprint density at radius 2 is 1.88 bits per heavy atom. The first-order valence-electron chi connectivity index (χ1n) is 5.35. The average molecular weight is 220 g/mol. The Labute approximate surface area is 95.3 Å². The first-order valence-corrected chi connectivity index (χ1v) is 5.35. The minimum Gasteiger partial charge on any atom is -0.313 e. The number of rotatable bonds is 5. The third-order valence-electron chi connectivity index (χ3n) is 2.28. The Morgan fingerprint density at radius 1 is 1.25 bits per heavy atom. The highest BCUT2D eigenvalue weighted by atomic mass is 16.2. The lowest BCUT2D eigenvalue weighted by Gasteiger charge is -2.20. The summed E-state index contributed by atoms with van der Waals surface area (Å²) in [6, 6.07) is 3.57. The lowest BCUT2D eigenvalue weighted by Crippen LogP contribution is -2.30. The third kappa shape index (κ3) is 3.46. The second kappa shape index (κ2) is 6.00. The van der Waals surface area contributed by atoms with Crippen LogP contribution in [0.15, 0.2) is 24.5 Å². The number of Topliss-reactive ketones (excluding diaryl/α,β-unsaturated/α-hetero) is 1. The van der Waals surface area contributed by atoms with Crippen molar-refractivity contribution >= 4 is 17.4 Å². The van der Waals surface area contributed by atoms with E-state index in [9.17, 15) is 9.59 Å². The number of hydrogen-bond acceptors (Lipinski definition) is 3. The van der Waals surface area contributed by atoms with Gasteiger partial charge in [0.05, 0.1) is 0 Å². The molecule has 0 bridgehead atoms. The zero-order chi connectivity index (χ0) is 12.0. The molecule has 0 fully saturated rings. The molecule has 0 spiro atoms. The predicted octanol–water partition coefficient (Wildman–Crippen LogP) is 1.80. The van der Waals surface area contributed by atoms with E-state index in [1.807, 2.05) is 6.92 Å². The highest BCUT2D eigenvalue weighted by Gasteiger charge is 2.13. The van der Waals surface area contributed by atoms with Crippen LogP contribution in [0.5, 0.6) is 0 Å². The summed E-state index contributed by atoms with van der Waals surface area (Å²) in [5.74, 6) is 0.0167. The number of hydrogen-bond donors (Lipinski definition) is 0. The molecule has 0 aromatic carbocycles. The number of anilines is 1. The van der Waals surface area contributed by atoms with Gasteiger partial charge in [0.1, 0.15) is 5.78 Å². The molecule has 0 aliphatic carbocycles. The quantitative estimate of drug-likeness (QED) is 0.760. The van der Waals surface area contributed by atoms with Crippen molar-refractivity contribution in [1.29, 1.82) is 0 Å². The van der Waals surface area contributed by atoms with E-state index in [-0.39, 0.29) is 18.1 Å². The summed E-state index contributed by atoms with van der Waals surface area (Å²) in [5, 5.41) is 0. The van der Waals surface area contributed by atoms with Gasteiger partial charge in [0.2, 0.25) is 5.91 Å². The van der Waals surface area contributed by atoms with Crippen LogP contribution in [0.2, 0.25) is 0 Å². The zero-order valence-electron chi connectivity index (χ0n) is 9.64. The first kappa shape index (κ1) is 12.4. The van der Waals surface area contributed by atoms with Crippen LogP contribution in [0.4, 0.5) is 5.69 Å². The number of carbonyl (C=O) groups is 2. The first-order chi connectivity index (χ1) is 7.65. The minimum absolute atomic E-state index is 0.0242. The van der Waals surface area contributed by atoms with E-state index < -0.39 is 0 Å². The fraction of sp³-hybridized carbons (Fsp3) is 0.417. The molecule has 1 aromatic rings. The van der Waals surface area contributed by atoms with Gasteiger partial charge in [0, 0.05) is 37.5 Å². The van der Waals surface area contributed by atoms with Gasteiger partial charge in [-0.2, -0.15) is 0 Å². The van der Waals surface area contributed by atoms with E-state index in [4.69, 9.17) is 0 Å². The number of nitrogens with zero attached hydrogens (tertiary/aromatic N) is 2. The van der Waals surface area contributed by atoms with E-state index in [0.717, 1.165) is 5.69 Å². The lowest BCUT2D eigenvalue weighted by molar-refractivity contribution is -0.123. The summed E-state index contributed by atoms with van der Waals surface area (Å²) in [4.78, 5) is 28.2. The molecule has 1 heterocycles. The minimum atomic E-state index is -0.0242. The molecule has 0 saturated carbocycles. The van der Waals surface area contributed by atoms with Crippen molar-refractivity contribution in [1.82, 2.24) is 4.98 Å². The van der Waals surface area contributed by atoms with Crippen molar-refractivity contribution in [2.75, 3.05) is 11.4 Å². The van der Waals surface area contributed by atoms with Gasteiger partial charge in [-0.3, -0.25) is 9.78 Å². The molecule has 86 valence electrons. The molecule has 0 atom stereocenters. The Balaban J connectivity index is 2.68. The molecule has 0 N–H and O–H groups in total. The van der Waals surface area contributed by atoms with Crippen LogP contribution in [0.3, 0.4) is 0 Å². The molecule has 4 nitrogen and oxygen atoms in total. The van der Waals surface area contributed by atoms with Gasteiger partial charge in [-0.1, -0.05) is 0 Å². The summed E-state index contributed by atoms with van der Waals surface area (Å²) in [7, 11) is 0. The van der Waals surface area contributed by atoms with Crippen molar-refractivity contribution in [3.8, 4) is 0 Å². The average Bonchev–Trinajstić information content (AvgIpc) is 2.29. The molecule has 16 heavy (non-hydrogen) atoms. The van der Waals surface area contributed by atoms with Crippen LogP contribution < -0.4 is 4.90 Å². The Hall–Kier alpha value is -1.71. The summed E-state index contributed by atoms with van der Waals surface area (Å²) >= 11 is 0. The molecule has 1 amide bonds. The van der Waals surface area contributed by atoms with E-state index in [1.54, 1.807) is 29.4 Å². The number of ketones is 1. The second-order valence-electron chi connectivity index (χ2n) is 3.55. The smallest absolute Gasteiger partial charge is 0.227 e. The molecule has 0 aliphatic rings. The maximum absolute atomic E-state index is 11.8. The van der Waals surface area contributed by atoms with E-state index in [1.165, 1.54) is 6.92 Å². The van der Waals surface area contributed by atoms with Crippen molar-refractivity contribution < 1.29 is 9.59 Å². The molecule has 1 rings (SSSR count). The monoisotopic (exact) mass is 220 g/mol. The number of pyridine rings is 1. The highest BCUT2D eigenvalue weighted by Crippen LogP contribution is 2.13. The van der Waals surface area contributed by atoms with Crippen molar-refractivity contribution in [3.05, 3.63) is 24.5 Å². The summed E-state index contributed by atoms with van der Waals surface area (Å²) in [5.41, 5.74) is 0.825. The van der Waals surface area contributed by atoms with Crippen LogP contribution in [0, 0.1) is 0 Å². The topological polar surface area (TPSA) is 50.3 Å². The number of carbonyl (C=O) groups excluding carboxylic acids is 2. The van der Waals surface area contributed by atoms with Gasteiger partial charge in [0.15, 0.2) is 0 Å². The maximum atomic E-state index is 11.8. The normalized spacial score (nSPS) is 9.88. The van der Waals surface area contributed by atoms with Crippen LogP contribution in [-0.4, -0.2) is 23.2 Å². The third-order valence-corrected chi connectivity index (χ3v) is 2.28. The zero-order valence-corrected chi connectivity index (χ0v) is 9.64. The number of aromatic nitrogens is 1. The molecule has 0 radical (unpaired) electrons. The van der Waals surface area contributed by atoms with E-state index >= 15 is 0 Å². The molecule has 1 aromatic heterocycles. The largest absolute Gasteiger partial charge is 0.313 e. The highest BCUT2D eigenvalue weighted by molar-refractivity contribution is 5.95. The van der Waals surface area contributed by atoms with Gasteiger partial charge >= 0.3 is 0 Å². The summed E-state index contributed by atoms with van der Waals surface area (Å²) in [6.07, 6.45) is 3.87. The Bertz CT molecular complexity index is 363. The van der Waals surface area contributed by atoms with E-state index in [0.29, 0.717) is 13.0 Å². The van der Waals surface area contributed by atoms with Crippen LogP contribution in [0.25, 0.3) is 0 Å². The number of amides is 1. The summed E-state index contributed by atoms with van der Waals surface area (Å²) < 4.78 is 0. The molecule has 0 saturated heterocycles. The second-order valence-corrected chi connectivity index (χ2v) is 3.55. The Morgan fingerprint density at radius 3 is 2.38 bits per heavy atom.